The molecule has 152 valence electrons. The lowest BCUT2D eigenvalue weighted by atomic mass is 10.1. The van der Waals surface area contributed by atoms with E-state index in [0.29, 0.717) is 5.76 Å². The van der Waals surface area contributed by atoms with Crippen LogP contribution in [-0.2, 0) is 14.3 Å². The molecule has 2 heterocycles. The number of fused-ring (bicyclic) bond motifs is 1. The number of amides is 3. The average molecular weight is 417 g/mol. The Labute approximate surface area is 170 Å². The van der Waals surface area contributed by atoms with Crippen LogP contribution in [0.3, 0.4) is 0 Å². The molecule has 0 radical (unpaired) electrons. The summed E-state index contributed by atoms with van der Waals surface area (Å²) >= 11 is 1.28. The Morgan fingerprint density at radius 3 is 2.38 bits per heavy atom. The first kappa shape index (κ1) is 20.6. The first-order valence-electron chi connectivity index (χ1n) is 8.74. The number of carbonyl (C=O) groups excluding carboxylic acids is 4. The van der Waals surface area contributed by atoms with Crippen molar-refractivity contribution in [2.45, 2.75) is 26.0 Å². The smallest absolute Gasteiger partial charge is 0.331 e. The fourth-order valence-electron chi connectivity index (χ4n) is 2.86. The van der Waals surface area contributed by atoms with Crippen molar-refractivity contribution in [1.29, 1.82) is 0 Å². The molecule has 0 bridgehead atoms. The van der Waals surface area contributed by atoms with E-state index in [4.69, 9.17) is 9.26 Å². The van der Waals surface area contributed by atoms with Gasteiger partial charge >= 0.3 is 5.97 Å². The van der Waals surface area contributed by atoms with Crippen molar-refractivity contribution in [2.75, 3.05) is 17.3 Å². The van der Waals surface area contributed by atoms with Crippen LogP contribution in [0.2, 0.25) is 0 Å². The second-order valence-electron chi connectivity index (χ2n) is 6.39. The zero-order chi connectivity index (χ0) is 21.1. The predicted molar refractivity (Wildman–Crippen MR) is 105 cm³/mol. The lowest BCUT2D eigenvalue weighted by Gasteiger charge is -2.25. The summed E-state index contributed by atoms with van der Waals surface area (Å²) in [4.78, 5) is 51.2. The molecule has 3 rings (SSSR count). The highest BCUT2D eigenvalue weighted by Gasteiger charge is 2.43. The molecule has 1 N–H and O–H groups in total. The molecule has 0 fully saturated rings. The number of carbonyl (C=O) groups is 4. The number of benzene rings is 1. The van der Waals surface area contributed by atoms with Crippen molar-refractivity contribution >= 4 is 41.3 Å². The second-order valence-corrected chi connectivity index (χ2v) is 7.30. The van der Waals surface area contributed by atoms with Gasteiger partial charge in [0.15, 0.2) is 11.9 Å². The fourth-order valence-corrected chi connectivity index (χ4v) is 3.46. The molecular formula is C19H19N3O6S. The molecule has 0 spiro atoms. The second kappa shape index (κ2) is 8.48. The summed E-state index contributed by atoms with van der Waals surface area (Å²) < 4.78 is 10.1. The molecule has 0 saturated heterocycles. The monoisotopic (exact) mass is 417 g/mol. The summed E-state index contributed by atoms with van der Waals surface area (Å²) in [5, 5.41) is 6.11. The van der Waals surface area contributed by atoms with Crippen LogP contribution < -0.4 is 5.32 Å². The summed E-state index contributed by atoms with van der Waals surface area (Å²) in [5.74, 6) is -1.73. The van der Waals surface area contributed by atoms with Crippen molar-refractivity contribution in [2.24, 2.45) is 0 Å². The normalized spacial score (nSPS) is 15.1. The Hall–Kier alpha value is -3.14. The summed E-state index contributed by atoms with van der Waals surface area (Å²) in [6, 6.07) is 6.73. The van der Waals surface area contributed by atoms with E-state index >= 15 is 0 Å². The van der Waals surface area contributed by atoms with Gasteiger partial charge in [-0.25, -0.2) is 4.79 Å². The Morgan fingerprint density at radius 1 is 1.24 bits per heavy atom. The third-order valence-corrected chi connectivity index (χ3v) is 4.92. The third kappa shape index (κ3) is 4.16. The van der Waals surface area contributed by atoms with Gasteiger partial charge in [-0.15, -0.1) is 0 Å². The molecule has 0 aliphatic carbocycles. The van der Waals surface area contributed by atoms with Gasteiger partial charge in [0.1, 0.15) is 11.8 Å². The van der Waals surface area contributed by atoms with E-state index in [1.807, 2.05) is 0 Å². The van der Waals surface area contributed by atoms with Crippen LogP contribution in [0.15, 0.2) is 34.9 Å². The maximum Gasteiger partial charge on any atom is 0.331 e. The SMILES string of the molecule is CSC[C@H](C(=O)O[C@@H](C)C(=O)Nc1cc(C)on1)N1C(=O)c2ccccc2C1=O. The van der Waals surface area contributed by atoms with E-state index in [1.54, 1.807) is 25.3 Å². The minimum atomic E-state index is -1.17. The van der Waals surface area contributed by atoms with Crippen molar-refractivity contribution in [3.63, 3.8) is 0 Å². The topological polar surface area (TPSA) is 119 Å². The van der Waals surface area contributed by atoms with Crippen LogP contribution >= 0.6 is 11.8 Å². The minimum absolute atomic E-state index is 0.140. The fraction of sp³-hybridized carbons (Fsp3) is 0.316. The van der Waals surface area contributed by atoms with Gasteiger partial charge in [0.2, 0.25) is 0 Å². The number of anilines is 1. The molecule has 2 atom stereocenters. The van der Waals surface area contributed by atoms with Crippen LogP contribution in [0.1, 0.15) is 33.4 Å². The van der Waals surface area contributed by atoms with E-state index < -0.39 is 35.8 Å². The number of rotatable bonds is 7. The van der Waals surface area contributed by atoms with E-state index in [9.17, 15) is 19.2 Å². The van der Waals surface area contributed by atoms with Crippen LogP contribution in [0.5, 0.6) is 0 Å². The molecular weight excluding hydrogens is 398 g/mol. The molecule has 1 aliphatic rings. The number of nitrogens with one attached hydrogen (secondary N) is 1. The Bertz CT molecular complexity index is 937. The molecule has 29 heavy (non-hydrogen) atoms. The van der Waals surface area contributed by atoms with Crippen LogP contribution in [0.4, 0.5) is 5.82 Å². The molecule has 1 aromatic carbocycles. The van der Waals surface area contributed by atoms with Crippen LogP contribution in [0.25, 0.3) is 0 Å². The number of aromatic nitrogens is 1. The Kier molecular flexibility index (Phi) is 6.02. The number of aryl methyl sites for hydroxylation is 1. The van der Waals surface area contributed by atoms with Gasteiger partial charge in [0, 0.05) is 11.8 Å². The number of hydrogen-bond donors (Lipinski definition) is 1. The molecule has 2 aromatic rings. The van der Waals surface area contributed by atoms with E-state index in [1.165, 1.54) is 36.9 Å². The van der Waals surface area contributed by atoms with Crippen LogP contribution in [0, 0.1) is 6.92 Å². The summed E-state index contributed by atoms with van der Waals surface area (Å²) in [7, 11) is 0. The van der Waals surface area contributed by atoms with Gasteiger partial charge in [-0.3, -0.25) is 19.3 Å². The van der Waals surface area contributed by atoms with E-state index in [2.05, 4.69) is 10.5 Å². The van der Waals surface area contributed by atoms with E-state index in [0.717, 1.165) is 4.90 Å². The number of esters is 1. The number of imide groups is 1. The minimum Gasteiger partial charge on any atom is -0.451 e. The lowest BCUT2D eigenvalue weighted by Crippen LogP contribution is -2.48. The molecule has 0 unspecified atom stereocenters. The largest absolute Gasteiger partial charge is 0.451 e. The highest BCUT2D eigenvalue weighted by Crippen LogP contribution is 2.26. The van der Waals surface area contributed by atoms with Crippen LogP contribution in [-0.4, -0.2) is 57.9 Å². The van der Waals surface area contributed by atoms with Crippen molar-refractivity contribution in [3.8, 4) is 0 Å². The maximum atomic E-state index is 12.7. The standard InChI is InChI=1S/C19H19N3O6S/c1-10-8-15(21-28-10)20-16(23)11(2)27-19(26)14(9-29-3)22-17(24)12-6-4-5-7-13(12)18(22)25/h4-8,11,14H,9H2,1-3H3,(H,20,21,23)/t11-,14+/m0/s1. The maximum absolute atomic E-state index is 12.7. The third-order valence-electron chi connectivity index (χ3n) is 4.28. The van der Waals surface area contributed by atoms with Gasteiger partial charge in [0.05, 0.1) is 11.1 Å². The van der Waals surface area contributed by atoms with Gasteiger partial charge in [-0.1, -0.05) is 17.3 Å². The Balaban J connectivity index is 1.72. The predicted octanol–water partition coefficient (Wildman–Crippen LogP) is 1.88. The summed E-state index contributed by atoms with van der Waals surface area (Å²) in [6.45, 7) is 3.06. The van der Waals surface area contributed by atoms with E-state index in [-0.39, 0.29) is 22.7 Å². The molecule has 3 amide bonds. The Morgan fingerprint density at radius 2 is 1.86 bits per heavy atom. The quantitative estimate of drug-likeness (QED) is 0.536. The lowest BCUT2D eigenvalue weighted by molar-refractivity contribution is -0.156. The van der Waals surface area contributed by atoms with Gasteiger partial charge in [0.25, 0.3) is 17.7 Å². The average Bonchev–Trinajstić information content (AvgIpc) is 3.21. The number of nitrogens with zero attached hydrogens (tertiary/aromatic N) is 2. The highest BCUT2D eigenvalue weighted by atomic mass is 32.2. The molecule has 0 saturated carbocycles. The first-order valence-corrected chi connectivity index (χ1v) is 10.1. The number of ether oxygens (including phenoxy) is 1. The summed E-state index contributed by atoms with van der Waals surface area (Å²) in [5.41, 5.74) is 0.479. The zero-order valence-electron chi connectivity index (χ0n) is 16.0. The first-order chi connectivity index (χ1) is 13.8. The number of hydrogen-bond acceptors (Lipinski definition) is 8. The van der Waals surface area contributed by atoms with Crippen molar-refractivity contribution in [1.82, 2.24) is 10.1 Å². The zero-order valence-corrected chi connectivity index (χ0v) is 16.8. The van der Waals surface area contributed by atoms with Gasteiger partial charge in [-0.2, -0.15) is 11.8 Å². The van der Waals surface area contributed by atoms with Gasteiger partial charge in [-0.05, 0) is 32.2 Å². The van der Waals surface area contributed by atoms with Gasteiger partial charge < -0.3 is 14.6 Å². The summed E-state index contributed by atoms with van der Waals surface area (Å²) in [6.07, 6.45) is 0.570. The molecule has 10 heteroatoms. The molecule has 9 nitrogen and oxygen atoms in total. The molecule has 1 aromatic heterocycles. The van der Waals surface area contributed by atoms with Crippen molar-refractivity contribution < 1.29 is 28.4 Å². The molecule has 1 aliphatic heterocycles. The number of thioether (sulfide) groups is 1. The highest BCUT2D eigenvalue weighted by molar-refractivity contribution is 7.98. The van der Waals surface area contributed by atoms with Crippen molar-refractivity contribution in [3.05, 3.63) is 47.2 Å².